The maximum absolute atomic E-state index is 13.1. The van der Waals surface area contributed by atoms with Gasteiger partial charge in [-0.15, -0.1) is 0 Å². The Morgan fingerprint density at radius 1 is 0.500 bits per heavy atom. The third-order valence-corrected chi connectivity index (χ3v) is 13.2. The molecule has 1 fully saturated rings. The van der Waals surface area contributed by atoms with Crippen LogP contribution in [-0.4, -0.2) is 93.9 Å². The van der Waals surface area contributed by atoms with E-state index in [1.807, 2.05) is 0 Å². The second-order valence-electron chi connectivity index (χ2n) is 18.8. The molecule has 0 aromatic rings. The molecule has 0 unspecified atom stereocenters. The normalized spacial score (nSPS) is 21.0. The van der Waals surface area contributed by atoms with E-state index in [0.29, 0.717) is 12.8 Å². The number of carbonyl (C=O) groups excluding carboxylic acids is 1. The highest BCUT2D eigenvalue weighted by atomic mass is 16.5. The van der Waals surface area contributed by atoms with E-state index in [1.165, 1.54) is 193 Å². The molecule has 0 aromatic carbocycles. The van der Waals surface area contributed by atoms with E-state index in [9.17, 15) is 30.3 Å². The molecule has 0 heterocycles. The molecule has 1 rings (SSSR count). The van der Waals surface area contributed by atoms with Gasteiger partial charge in [-0.2, -0.15) is 0 Å². The number of hydrogen-bond acceptors (Lipinski definition) is 8. The summed E-state index contributed by atoms with van der Waals surface area (Å²) in [6.45, 7) is 4.38. The van der Waals surface area contributed by atoms with Crippen LogP contribution in [0.3, 0.4) is 0 Å². The third-order valence-electron chi connectivity index (χ3n) is 13.2. The number of hydrogen-bond donors (Lipinski definition) is 6. The lowest BCUT2D eigenvalue weighted by Crippen LogP contribution is -2.58. The first kappa shape index (κ1) is 57.2. The minimum absolute atomic E-state index is 0.146. The number of nitrogens with one attached hydrogen (secondary N) is 1. The van der Waals surface area contributed by atoms with Gasteiger partial charge in [-0.3, -0.25) is 4.79 Å². The number of amides is 1. The SMILES string of the molecule is CCCCCCCCCCCCCCCCCCCCCCCCCC(=O)N[C@@H](CO[C@H]1C[C@H](OC)[C@H](O)[C@H](O)[C@H]1O)[C@@H](O)[C@H](O)CCCCCCCCCCCCCC. The van der Waals surface area contributed by atoms with Crippen LogP contribution < -0.4 is 5.32 Å². The molecule has 0 bridgehead atoms. The highest BCUT2D eigenvalue weighted by molar-refractivity contribution is 5.76. The molecule has 0 spiro atoms. The number of unbranched alkanes of at least 4 members (excludes halogenated alkanes) is 33. The van der Waals surface area contributed by atoms with Gasteiger partial charge in [0, 0.05) is 20.0 Å². The fraction of sp³-hybridized carbons (Fsp3) is 0.980. The van der Waals surface area contributed by atoms with E-state index >= 15 is 0 Å². The topological polar surface area (TPSA) is 149 Å². The van der Waals surface area contributed by atoms with Crippen LogP contribution in [-0.2, 0) is 14.3 Å². The standard InChI is InChI=1S/C51H101NO8/c1-4-6-8-10-12-14-16-18-19-20-21-22-23-24-25-26-27-28-30-32-34-36-38-40-47(54)52-43(42-60-46-41-45(59-3)49(56)51(58)50(46)57)48(55)44(53)39-37-35-33-31-29-17-15-13-11-9-7-5-2/h43-46,48-51,53,55-58H,4-42H2,1-3H3,(H,52,54)/t43-,44+,45-,46-,48+,49-,50-,51-/m0/s1. The summed E-state index contributed by atoms with van der Waals surface area (Å²) < 4.78 is 11.3. The molecule has 9 heteroatoms. The van der Waals surface area contributed by atoms with E-state index < -0.39 is 48.8 Å². The highest BCUT2D eigenvalue weighted by Crippen LogP contribution is 2.26. The summed E-state index contributed by atoms with van der Waals surface area (Å²) in [7, 11) is 1.43. The number of methoxy groups -OCH3 is 1. The summed E-state index contributed by atoms with van der Waals surface area (Å²) in [5.41, 5.74) is 0. The van der Waals surface area contributed by atoms with Gasteiger partial charge in [-0.1, -0.05) is 232 Å². The Hall–Kier alpha value is -0.810. The molecule has 8 atom stereocenters. The van der Waals surface area contributed by atoms with Gasteiger partial charge in [0.25, 0.3) is 0 Å². The Morgan fingerprint density at radius 3 is 1.20 bits per heavy atom. The zero-order chi connectivity index (χ0) is 43.9. The molecule has 1 aliphatic rings. The van der Waals surface area contributed by atoms with Crippen LogP contribution in [0.25, 0.3) is 0 Å². The van der Waals surface area contributed by atoms with Gasteiger partial charge in [0.1, 0.15) is 24.4 Å². The number of rotatable bonds is 44. The van der Waals surface area contributed by atoms with Gasteiger partial charge < -0.3 is 40.3 Å². The Morgan fingerprint density at radius 2 is 0.833 bits per heavy atom. The molecule has 0 saturated heterocycles. The molecule has 6 N–H and O–H groups in total. The lowest BCUT2D eigenvalue weighted by molar-refractivity contribution is -0.198. The van der Waals surface area contributed by atoms with E-state index in [-0.39, 0.29) is 18.9 Å². The predicted octanol–water partition coefficient (Wildman–Crippen LogP) is 11.6. The van der Waals surface area contributed by atoms with Crippen molar-refractivity contribution in [2.75, 3.05) is 13.7 Å². The van der Waals surface area contributed by atoms with Crippen LogP contribution in [0, 0.1) is 0 Å². The first-order valence-corrected chi connectivity index (χ1v) is 26.1. The molecule has 0 radical (unpaired) electrons. The molecule has 9 nitrogen and oxygen atoms in total. The number of ether oxygens (including phenoxy) is 2. The summed E-state index contributed by atoms with van der Waals surface area (Å²) in [4.78, 5) is 13.1. The van der Waals surface area contributed by atoms with E-state index in [0.717, 1.165) is 38.5 Å². The summed E-state index contributed by atoms with van der Waals surface area (Å²) in [5, 5.41) is 56.3. The summed E-state index contributed by atoms with van der Waals surface area (Å²) in [6, 6.07) is -0.883. The van der Waals surface area contributed by atoms with Crippen LogP contribution in [0.4, 0.5) is 0 Å². The van der Waals surface area contributed by atoms with Crippen LogP contribution in [0.1, 0.15) is 258 Å². The molecule has 0 aromatic heterocycles. The van der Waals surface area contributed by atoms with Crippen molar-refractivity contribution in [2.24, 2.45) is 0 Å². The van der Waals surface area contributed by atoms with Crippen LogP contribution in [0.5, 0.6) is 0 Å². The molecule has 1 aliphatic carbocycles. The Kier molecular flexibility index (Phi) is 39.0. The van der Waals surface area contributed by atoms with Crippen molar-refractivity contribution in [1.29, 1.82) is 0 Å². The lowest BCUT2D eigenvalue weighted by Gasteiger charge is -2.40. The van der Waals surface area contributed by atoms with Crippen molar-refractivity contribution in [2.45, 2.75) is 307 Å². The van der Waals surface area contributed by atoms with Gasteiger partial charge in [-0.25, -0.2) is 0 Å². The Bertz CT molecular complexity index is 924. The van der Waals surface area contributed by atoms with Crippen molar-refractivity contribution in [3.63, 3.8) is 0 Å². The largest absolute Gasteiger partial charge is 0.390 e. The first-order chi connectivity index (χ1) is 29.3. The molecular weight excluding hydrogens is 755 g/mol. The molecule has 1 saturated carbocycles. The average Bonchev–Trinajstić information content (AvgIpc) is 3.25. The van der Waals surface area contributed by atoms with E-state index in [1.54, 1.807) is 0 Å². The van der Waals surface area contributed by atoms with Crippen molar-refractivity contribution in [1.82, 2.24) is 5.32 Å². The van der Waals surface area contributed by atoms with Gasteiger partial charge in [0.2, 0.25) is 5.91 Å². The number of aliphatic hydroxyl groups excluding tert-OH is 5. The number of aliphatic hydroxyl groups is 5. The summed E-state index contributed by atoms with van der Waals surface area (Å²) in [6.07, 6.45) is 38.0. The fourth-order valence-corrected chi connectivity index (χ4v) is 8.99. The zero-order valence-corrected chi connectivity index (χ0v) is 39.7. The van der Waals surface area contributed by atoms with Crippen molar-refractivity contribution in [3.8, 4) is 0 Å². The first-order valence-electron chi connectivity index (χ1n) is 26.1. The Labute approximate surface area is 370 Å². The second kappa shape index (κ2) is 40.9. The predicted molar refractivity (Wildman–Crippen MR) is 249 cm³/mol. The van der Waals surface area contributed by atoms with Crippen molar-refractivity contribution < 1.29 is 39.8 Å². The maximum atomic E-state index is 13.1. The summed E-state index contributed by atoms with van der Waals surface area (Å²) >= 11 is 0. The molecule has 60 heavy (non-hydrogen) atoms. The Balaban J connectivity index is 2.26. The van der Waals surface area contributed by atoms with Gasteiger partial charge >= 0.3 is 0 Å². The smallest absolute Gasteiger partial charge is 0.220 e. The van der Waals surface area contributed by atoms with Gasteiger partial charge in [-0.05, 0) is 12.8 Å². The number of carbonyl (C=O) groups is 1. The van der Waals surface area contributed by atoms with Gasteiger partial charge in [0.15, 0.2) is 0 Å². The quantitative estimate of drug-likeness (QED) is 0.0332. The third kappa shape index (κ3) is 30.3. The molecule has 0 aliphatic heterocycles. The van der Waals surface area contributed by atoms with Crippen LogP contribution in [0.2, 0.25) is 0 Å². The minimum Gasteiger partial charge on any atom is -0.390 e. The molecule has 1 amide bonds. The highest BCUT2D eigenvalue weighted by Gasteiger charge is 2.44. The average molecular weight is 856 g/mol. The monoisotopic (exact) mass is 856 g/mol. The van der Waals surface area contributed by atoms with Crippen molar-refractivity contribution in [3.05, 3.63) is 0 Å². The summed E-state index contributed by atoms with van der Waals surface area (Å²) in [5.74, 6) is -0.196. The fourth-order valence-electron chi connectivity index (χ4n) is 8.99. The molecular formula is C51H101NO8. The lowest BCUT2D eigenvalue weighted by atomic mass is 9.87. The van der Waals surface area contributed by atoms with E-state index in [2.05, 4.69) is 19.2 Å². The van der Waals surface area contributed by atoms with Crippen LogP contribution >= 0.6 is 0 Å². The van der Waals surface area contributed by atoms with Crippen molar-refractivity contribution >= 4 is 5.91 Å². The second-order valence-corrected chi connectivity index (χ2v) is 18.8. The molecule has 358 valence electrons. The van der Waals surface area contributed by atoms with Crippen LogP contribution in [0.15, 0.2) is 0 Å². The maximum Gasteiger partial charge on any atom is 0.220 e. The van der Waals surface area contributed by atoms with Gasteiger partial charge in [0.05, 0.1) is 31.0 Å². The minimum atomic E-state index is -1.44. The van der Waals surface area contributed by atoms with E-state index in [4.69, 9.17) is 9.47 Å². The zero-order valence-electron chi connectivity index (χ0n) is 39.7.